The second kappa shape index (κ2) is 3.54. The summed E-state index contributed by atoms with van der Waals surface area (Å²) in [4.78, 5) is 0. The molecule has 0 saturated carbocycles. The Kier molecular flexibility index (Phi) is 3.35. The number of hydrogen-bond acceptors (Lipinski definition) is 1. The molecule has 0 aromatic carbocycles. The van der Waals surface area contributed by atoms with Crippen LogP contribution in [0, 0.1) is 17.2 Å². The van der Waals surface area contributed by atoms with Gasteiger partial charge < -0.3 is 0 Å². The summed E-state index contributed by atoms with van der Waals surface area (Å²) in [5, 5.41) is 8.33. The van der Waals surface area contributed by atoms with Crippen LogP contribution in [-0.4, -0.2) is 7.85 Å². The van der Waals surface area contributed by atoms with Crippen molar-refractivity contribution in [2.24, 2.45) is 5.92 Å². The van der Waals surface area contributed by atoms with Crippen LogP contribution < -0.4 is 0 Å². The lowest BCUT2D eigenvalue weighted by Crippen LogP contribution is -1.94. The predicted octanol–water partition coefficient (Wildman–Crippen LogP) is 0.978. The first-order valence-corrected chi connectivity index (χ1v) is 3.06. The van der Waals surface area contributed by atoms with Crippen LogP contribution in [0.1, 0.15) is 20.3 Å². The first kappa shape index (κ1) is 7.55. The van der Waals surface area contributed by atoms with E-state index in [0.717, 1.165) is 6.42 Å². The van der Waals surface area contributed by atoms with Crippen LogP contribution in [0.5, 0.6) is 0 Å². The van der Waals surface area contributed by atoms with E-state index in [2.05, 4.69) is 19.9 Å². The summed E-state index contributed by atoms with van der Waals surface area (Å²) < 4.78 is 0. The van der Waals surface area contributed by atoms with Crippen molar-refractivity contribution in [3.05, 3.63) is 0 Å². The maximum Gasteiger partial charge on any atom is 0.123 e. The van der Waals surface area contributed by atoms with Gasteiger partial charge in [-0.1, -0.05) is 13.8 Å². The molecule has 0 aliphatic carbocycles. The molecule has 1 nitrogen and oxygen atoms in total. The number of hydrogen-bond donors (Lipinski definition) is 0. The molecule has 1 atom stereocenters. The minimum absolute atomic E-state index is 0.231. The molecule has 0 aliphatic rings. The SMILES string of the molecule is B[C@@H](C#N)CC(C)C. The Hall–Kier alpha value is -0.445. The van der Waals surface area contributed by atoms with E-state index < -0.39 is 0 Å². The van der Waals surface area contributed by atoms with Gasteiger partial charge in [0.2, 0.25) is 0 Å². The summed E-state index contributed by atoms with van der Waals surface area (Å²) in [6, 6.07) is 2.20. The minimum atomic E-state index is 0.231. The average Bonchev–Trinajstić information content (AvgIpc) is 1.65. The van der Waals surface area contributed by atoms with E-state index >= 15 is 0 Å². The Bertz CT molecular complexity index is 93.2. The van der Waals surface area contributed by atoms with Crippen molar-refractivity contribution < 1.29 is 0 Å². The van der Waals surface area contributed by atoms with Crippen molar-refractivity contribution >= 4 is 7.85 Å². The molecule has 0 aliphatic heterocycles. The molecule has 0 spiro atoms. The highest BCUT2D eigenvalue weighted by molar-refractivity contribution is 6.13. The topological polar surface area (TPSA) is 23.8 Å². The molecular weight excluding hydrogens is 96.9 g/mol. The largest absolute Gasteiger partial charge is 0.199 e. The van der Waals surface area contributed by atoms with Crippen molar-refractivity contribution in [1.82, 2.24) is 0 Å². The van der Waals surface area contributed by atoms with Gasteiger partial charge in [-0.05, 0) is 12.3 Å². The molecule has 0 aromatic rings. The van der Waals surface area contributed by atoms with E-state index in [1.54, 1.807) is 0 Å². The molecule has 0 rings (SSSR count). The van der Waals surface area contributed by atoms with E-state index in [9.17, 15) is 0 Å². The van der Waals surface area contributed by atoms with Gasteiger partial charge in [-0.2, -0.15) is 5.26 Å². The van der Waals surface area contributed by atoms with Crippen molar-refractivity contribution in [3.8, 4) is 6.07 Å². The van der Waals surface area contributed by atoms with Gasteiger partial charge >= 0.3 is 0 Å². The fraction of sp³-hybridized carbons (Fsp3) is 0.833. The van der Waals surface area contributed by atoms with Crippen molar-refractivity contribution in [3.63, 3.8) is 0 Å². The van der Waals surface area contributed by atoms with E-state index in [4.69, 9.17) is 5.26 Å². The maximum absolute atomic E-state index is 8.33. The second-order valence-electron chi connectivity index (χ2n) is 2.66. The van der Waals surface area contributed by atoms with Crippen LogP contribution in [0.25, 0.3) is 0 Å². The first-order valence-electron chi connectivity index (χ1n) is 3.06. The number of nitriles is 1. The maximum atomic E-state index is 8.33. The molecule has 0 amide bonds. The number of rotatable bonds is 2. The van der Waals surface area contributed by atoms with Gasteiger partial charge in [0.1, 0.15) is 7.85 Å². The molecule has 0 unspecified atom stereocenters. The normalized spacial score (nSPS) is 13.2. The summed E-state index contributed by atoms with van der Waals surface area (Å²) in [6.07, 6.45) is 1.02. The fourth-order valence-electron chi connectivity index (χ4n) is 0.760. The molecular formula is C6H12BN. The molecule has 0 heterocycles. The second-order valence-corrected chi connectivity index (χ2v) is 2.66. The Morgan fingerprint density at radius 2 is 2.12 bits per heavy atom. The van der Waals surface area contributed by atoms with Crippen LogP contribution in [0.3, 0.4) is 0 Å². The first-order chi connectivity index (χ1) is 3.66. The highest BCUT2D eigenvalue weighted by Crippen LogP contribution is 2.11. The Morgan fingerprint density at radius 1 is 1.62 bits per heavy atom. The van der Waals surface area contributed by atoms with E-state index in [0.29, 0.717) is 5.92 Å². The minimum Gasteiger partial charge on any atom is -0.199 e. The summed E-state index contributed by atoms with van der Waals surface area (Å²) >= 11 is 0. The molecule has 0 fully saturated rings. The Balaban J connectivity index is 3.28. The molecule has 8 heavy (non-hydrogen) atoms. The van der Waals surface area contributed by atoms with Gasteiger partial charge in [-0.15, -0.1) is 0 Å². The van der Waals surface area contributed by atoms with Crippen LogP contribution >= 0.6 is 0 Å². The molecule has 0 N–H and O–H groups in total. The molecule has 0 saturated heterocycles. The summed E-state index contributed by atoms with van der Waals surface area (Å²) in [5.41, 5.74) is 0. The van der Waals surface area contributed by atoms with Crippen LogP contribution in [0.2, 0.25) is 5.82 Å². The van der Waals surface area contributed by atoms with Gasteiger partial charge in [0, 0.05) is 5.82 Å². The van der Waals surface area contributed by atoms with Gasteiger partial charge in [0.05, 0.1) is 6.07 Å². The zero-order chi connectivity index (χ0) is 6.57. The third kappa shape index (κ3) is 3.73. The lowest BCUT2D eigenvalue weighted by atomic mass is 9.82. The van der Waals surface area contributed by atoms with Gasteiger partial charge in [0.25, 0.3) is 0 Å². The lowest BCUT2D eigenvalue weighted by Gasteiger charge is -2.03. The van der Waals surface area contributed by atoms with E-state index in [1.165, 1.54) is 0 Å². The third-order valence-electron chi connectivity index (χ3n) is 1.05. The van der Waals surface area contributed by atoms with Gasteiger partial charge in [0.15, 0.2) is 0 Å². The highest BCUT2D eigenvalue weighted by Gasteiger charge is 2.00. The summed E-state index contributed by atoms with van der Waals surface area (Å²) in [6.45, 7) is 4.27. The Morgan fingerprint density at radius 3 is 2.25 bits per heavy atom. The smallest absolute Gasteiger partial charge is 0.123 e. The van der Waals surface area contributed by atoms with E-state index in [1.807, 2.05) is 7.85 Å². The molecule has 0 radical (unpaired) electrons. The van der Waals surface area contributed by atoms with Crippen molar-refractivity contribution in [1.29, 1.82) is 5.26 Å². The summed E-state index contributed by atoms with van der Waals surface area (Å²) in [5.74, 6) is 0.889. The zero-order valence-corrected chi connectivity index (χ0v) is 5.81. The zero-order valence-electron chi connectivity index (χ0n) is 5.81. The van der Waals surface area contributed by atoms with Crippen molar-refractivity contribution in [2.75, 3.05) is 0 Å². The molecule has 2 heteroatoms. The summed E-state index contributed by atoms with van der Waals surface area (Å²) in [7, 11) is 1.96. The van der Waals surface area contributed by atoms with E-state index in [-0.39, 0.29) is 5.82 Å². The monoisotopic (exact) mass is 109 g/mol. The molecule has 0 bridgehead atoms. The lowest BCUT2D eigenvalue weighted by molar-refractivity contribution is 0.597. The third-order valence-corrected chi connectivity index (χ3v) is 1.05. The van der Waals surface area contributed by atoms with Gasteiger partial charge in [-0.25, -0.2) is 0 Å². The number of nitrogens with zero attached hydrogens (tertiary/aromatic N) is 1. The predicted molar refractivity (Wildman–Crippen MR) is 37.4 cm³/mol. The van der Waals surface area contributed by atoms with Crippen LogP contribution in [0.15, 0.2) is 0 Å². The fourth-order valence-corrected chi connectivity index (χ4v) is 0.760. The Labute approximate surface area is 52.1 Å². The van der Waals surface area contributed by atoms with Crippen LogP contribution in [0.4, 0.5) is 0 Å². The van der Waals surface area contributed by atoms with Crippen molar-refractivity contribution in [2.45, 2.75) is 26.1 Å². The standard InChI is InChI=1S/C6H12BN/c1-5(2)3-6(7)4-8/h5-6H,3,7H2,1-2H3/t6-/m1/s1. The highest BCUT2D eigenvalue weighted by atomic mass is 14.2. The average molecular weight is 109 g/mol. The quantitative estimate of drug-likeness (QED) is 0.485. The van der Waals surface area contributed by atoms with Crippen LogP contribution in [-0.2, 0) is 0 Å². The van der Waals surface area contributed by atoms with Gasteiger partial charge in [-0.3, -0.25) is 0 Å². The molecule has 44 valence electrons. The molecule has 0 aromatic heterocycles.